The van der Waals surface area contributed by atoms with Gasteiger partial charge in [-0.25, -0.2) is 0 Å². The Hall–Kier alpha value is -1.02. The smallest absolute Gasteiger partial charge is 0.101 e. The van der Waals surface area contributed by atoms with Crippen LogP contribution in [0.15, 0.2) is 29.9 Å². The van der Waals surface area contributed by atoms with Crippen LogP contribution in [0.1, 0.15) is 17.4 Å². The summed E-state index contributed by atoms with van der Waals surface area (Å²) in [6, 6.07) is 2.17. The van der Waals surface area contributed by atoms with Gasteiger partial charge in [0.2, 0.25) is 0 Å². The second-order valence-electron chi connectivity index (χ2n) is 3.05. The molecule has 1 aliphatic heterocycles. The van der Waals surface area contributed by atoms with E-state index in [2.05, 4.69) is 18.0 Å². The van der Waals surface area contributed by atoms with E-state index in [-0.39, 0.29) is 0 Å². The molecular formula is C11H12OS. The van der Waals surface area contributed by atoms with Crippen molar-refractivity contribution in [1.29, 1.82) is 0 Å². The summed E-state index contributed by atoms with van der Waals surface area (Å²) in [7, 11) is 0. The largest absolute Gasteiger partial charge is 0.497 e. The third-order valence-corrected chi connectivity index (χ3v) is 3.25. The summed E-state index contributed by atoms with van der Waals surface area (Å²) in [6.45, 7) is 6.61. The maximum atomic E-state index is 5.56. The molecule has 0 aromatic carbocycles. The molecule has 0 fully saturated rings. The summed E-state index contributed by atoms with van der Waals surface area (Å²) < 4.78 is 5.56. The number of ether oxygens (including phenoxy) is 1. The molecule has 0 aliphatic carbocycles. The molecule has 1 aromatic heterocycles. The quantitative estimate of drug-likeness (QED) is 0.663. The Bertz CT molecular complexity index is 360. The maximum absolute atomic E-state index is 5.56. The topological polar surface area (TPSA) is 9.23 Å². The lowest BCUT2D eigenvalue weighted by atomic mass is 10.1. The Morgan fingerprint density at radius 3 is 3.23 bits per heavy atom. The van der Waals surface area contributed by atoms with Gasteiger partial charge in [0.15, 0.2) is 0 Å². The molecule has 0 N–H and O–H groups in total. The lowest BCUT2D eigenvalue weighted by Crippen LogP contribution is -1.92. The number of hydrogen-bond acceptors (Lipinski definition) is 2. The van der Waals surface area contributed by atoms with Gasteiger partial charge in [-0.2, -0.15) is 0 Å². The second-order valence-corrected chi connectivity index (χ2v) is 3.96. The average Bonchev–Trinajstić information content (AvgIpc) is 2.50. The number of thiophene rings is 1. The van der Waals surface area contributed by atoms with E-state index in [9.17, 15) is 0 Å². The molecule has 13 heavy (non-hydrogen) atoms. The van der Waals surface area contributed by atoms with E-state index >= 15 is 0 Å². The fraction of sp³-hybridized carbons (Fsp3) is 0.273. The van der Waals surface area contributed by atoms with Crippen molar-refractivity contribution in [3.05, 3.63) is 40.3 Å². The predicted molar refractivity (Wildman–Crippen MR) is 56.8 cm³/mol. The van der Waals surface area contributed by atoms with Crippen molar-refractivity contribution in [2.75, 3.05) is 6.61 Å². The summed E-state index contributed by atoms with van der Waals surface area (Å²) in [5.74, 6) is 0.996. The zero-order valence-corrected chi connectivity index (χ0v) is 8.49. The van der Waals surface area contributed by atoms with Gasteiger partial charge in [-0.05, 0) is 23.9 Å². The first-order chi connectivity index (χ1) is 6.33. The first-order valence-electron chi connectivity index (χ1n) is 4.36. The predicted octanol–water partition coefficient (Wildman–Crippen LogP) is 3.24. The molecule has 1 aliphatic rings. The van der Waals surface area contributed by atoms with Crippen molar-refractivity contribution < 1.29 is 4.74 Å². The van der Waals surface area contributed by atoms with Gasteiger partial charge < -0.3 is 4.74 Å². The van der Waals surface area contributed by atoms with Gasteiger partial charge >= 0.3 is 0 Å². The molecule has 0 atom stereocenters. The minimum Gasteiger partial charge on any atom is -0.497 e. The Kier molecular flexibility index (Phi) is 2.23. The Morgan fingerprint density at radius 2 is 2.46 bits per heavy atom. The normalized spacial score (nSPS) is 16.1. The SMILES string of the molecule is C=CC1=C(C)OCCc2ccsc21. The highest BCUT2D eigenvalue weighted by atomic mass is 32.1. The van der Waals surface area contributed by atoms with Crippen LogP contribution in [0.3, 0.4) is 0 Å². The molecule has 0 spiro atoms. The van der Waals surface area contributed by atoms with Crippen LogP contribution in [0.25, 0.3) is 5.57 Å². The molecule has 68 valence electrons. The molecule has 0 saturated heterocycles. The van der Waals surface area contributed by atoms with Crippen molar-refractivity contribution in [2.24, 2.45) is 0 Å². The lowest BCUT2D eigenvalue weighted by Gasteiger charge is -2.04. The van der Waals surface area contributed by atoms with E-state index in [0.717, 1.165) is 24.4 Å². The van der Waals surface area contributed by atoms with Gasteiger partial charge in [0.05, 0.1) is 6.61 Å². The Morgan fingerprint density at radius 1 is 1.62 bits per heavy atom. The first kappa shape index (κ1) is 8.57. The second kappa shape index (κ2) is 3.38. The van der Waals surface area contributed by atoms with Gasteiger partial charge in [0.1, 0.15) is 5.76 Å². The fourth-order valence-corrected chi connectivity index (χ4v) is 2.60. The van der Waals surface area contributed by atoms with Crippen molar-refractivity contribution >= 4 is 16.9 Å². The van der Waals surface area contributed by atoms with E-state index in [0.29, 0.717) is 0 Å². The van der Waals surface area contributed by atoms with Crippen LogP contribution in [-0.2, 0) is 11.2 Å². The van der Waals surface area contributed by atoms with Crippen molar-refractivity contribution in [3.8, 4) is 0 Å². The van der Waals surface area contributed by atoms with Crippen LogP contribution in [0, 0.1) is 0 Å². The molecule has 0 saturated carbocycles. The highest BCUT2D eigenvalue weighted by Crippen LogP contribution is 2.31. The first-order valence-corrected chi connectivity index (χ1v) is 5.23. The van der Waals surface area contributed by atoms with Crippen LogP contribution >= 0.6 is 11.3 Å². The van der Waals surface area contributed by atoms with Gasteiger partial charge in [-0.15, -0.1) is 11.3 Å². The Labute approximate surface area is 82.4 Å². The van der Waals surface area contributed by atoms with Gasteiger partial charge in [-0.1, -0.05) is 12.7 Å². The number of rotatable bonds is 1. The van der Waals surface area contributed by atoms with Gasteiger partial charge in [-0.3, -0.25) is 0 Å². The van der Waals surface area contributed by atoms with Crippen molar-refractivity contribution in [3.63, 3.8) is 0 Å². The van der Waals surface area contributed by atoms with Gasteiger partial charge in [0.25, 0.3) is 0 Å². The van der Waals surface area contributed by atoms with Crippen molar-refractivity contribution in [1.82, 2.24) is 0 Å². The highest BCUT2D eigenvalue weighted by molar-refractivity contribution is 7.11. The number of fused-ring (bicyclic) bond motifs is 1. The van der Waals surface area contributed by atoms with E-state index in [1.807, 2.05) is 13.0 Å². The monoisotopic (exact) mass is 192 g/mol. The standard InChI is InChI=1S/C11H12OS/c1-3-10-8(2)12-6-4-9-5-7-13-11(9)10/h3,5,7H,1,4,6H2,2H3. The molecule has 2 heteroatoms. The molecule has 0 unspecified atom stereocenters. The van der Waals surface area contributed by atoms with E-state index in [1.165, 1.54) is 10.4 Å². The molecule has 2 heterocycles. The third-order valence-electron chi connectivity index (χ3n) is 2.26. The van der Waals surface area contributed by atoms with E-state index in [4.69, 9.17) is 4.74 Å². The van der Waals surface area contributed by atoms with Crippen LogP contribution in [0.5, 0.6) is 0 Å². The molecular weight excluding hydrogens is 180 g/mol. The lowest BCUT2D eigenvalue weighted by molar-refractivity contribution is 0.222. The molecule has 0 radical (unpaired) electrons. The van der Waals surface area contributed by atoms with Crippen molar-refractivity contribution in [2.45, 2.75) is 13.3 Å². The summed E-state index contributed by atoms with van der Waals surface area (Å²) in [5.41, 5.74) is 2.54. The maximum Gasteiger partial charge on any atom is 0.101 e. The minimum atomic E-state index is 0.785. The molecule has 1 nitrogen and oxygen atoms in total. The average molecular weight is 192 g/mol. The summed E-state index contributed by atoms with van der Waals surface area (Å²) >= 11 is 1.77. The van der Waals surface area contributed by atoms with Crippen LogP contribution in [0.4, 0.5) is 0 Å². The van der Waals surface area contributed by atoms with Crippen LogP contribution < -0.4 is 0 Å². The fourth-order valence-electron chi connectivity index (χ4n) is 1.56. The molecule has 1 aromatic rings. The zero-order valence-electron chi connectivity index (χ0n) is 7.67. The summed E-state index contributed by atoms with van der Waals surface area (Å²) in [4.78, 5) is 1.32. The minimum absolute atomic E-state index is 0.785. The number of hydrogen-bond donors (Lipinski definition) is 0. The van der Waals surface area contributed by atoms with Gasteiger partial charge in [0, 0.05) is 16.9 Å². The zero-order chi connectivity index (χ0) is 9.26. The number of allylic oxidation sites excluding steroid dienone is 3. The molecule has 0 amide bonds. The molecule has 2 rings (SSSR count). The highest BCUT2D eigenvalue weighted by Gasteiger charge is 2.14. The summed E-state index contributed by atoms with van der Waals surface area (Å²) in [5, 5.41) is 2.13. The third kappa shape index (κ3) is 1.42. The molecule has 0 bridgehead atoms. The Balaban J connectivity index is 2.57. The van der Waals surface area contributed by atoms with E-state index < -0.39 is 0 Å². The van der Waals surface area contributed by atoms with Crippen LogP contribution in [0.2, 0.25) is 0 Å². The van der Waals surface area contributed by atoms with E-state index in [1.54, 1.807) is 11.3 Å². The van der Waals surface area contributed by atoms with Crippen LogP contribution in [-0.4, -0.2) is 6.61 Å². The summed E-state index contributed by atoms with van der Waals surface area (Å²) in [6.07, 6.45) is 2.89.